The molecule has 0 aliphatic heterocycles. The average Bonchev–Trinajstić information content (AvgIpc) is 2.24. The van der Waals surface area contributed by atoms with Crippen molar-refractivity contribution in [1.29, 1.82) is 0 Å². The molecule has 1 aromatic carbocycles. The van der Waals surface area contributed by atoms with E-state index in [2.05, 4.69) is 31.9 Å². The third-order valence-corrected chi connectivity index (χ3v) is 3.18. The van der Waals surface area contributed by atoms with E-state index in [-0.39, 0.29) is 6.42 Å². The Balaban J connectivity index is 2.94. The van der Waals surface area contributed by atoms with Gasteiger partial charge in [0, 0.05) is 10.9 Å². The van der Waals surface area contributed by atoms with E-state index >= 15 is 0 Å². The van der Waals surface area contributed by atoms with Gasteiger partial charge in [0.1, 0.15) is 5.82 Å². The van der Waals surface area contributed by atoms with Crippen LogP contribution in [-0.2, 0) is 21.3 Å². The Labute approximate surface area is 110 Å². The van der Waals surface area contributed by atoms with Gasteiger partial charge in [-0.1, -0.05) is 22.0 Å². The lowest BCUT2D eigenvalue weighted by molar-refractivity contribution is -0.142. The number of hydrogen-bond acceptors (Lipinski definition) is 2. The number of benzene rings is 1. The number of carbonyl (C=O) groups excluding carboxylic acids is 1. The zero-order chi connectivity index (χ0) is 12.1. The second kappa shape index (κ2) is 6.35. The fraction of sp³-hybridized carbons (Fsp3) is 0.364. The van der Waals surface area contributed by atoms with Crippen molar-refractivity contribution in [3.63, 3.8) is 0 Å². The summed E-state index contributed by atoms with van der Waals surface area (Å²) in [5.41, 5.74) is 1.26. The Morgan fingerprint density at radius 3 is 2.75 bits per heavy atom. The summed E-state index contributed by atoms with van der Waals surface area (Å²) in [6.45, 7) is 2.03. The van der Waals surface area contributed by atoms with Crippen LogP contribution in [0.3, 0.4) is 0 Å². The van der Waals surface area contributed by atoms with Gasteiger partial charge in [-0.25, -0.2) is 4.39 Å². The van der Waals surface area contributed by atoms with Crippen molar-refractivity contribution >= 4 is 37.8 Å². The minimum atomic E-state index is -0.417. The number of esters is 1. The van der Waals surface area contributed by atoms with Gasteiger partial charge in [-0.2, -0.15) is 0 Å². The van der Waals surface area contributed by atoms with E-state index in [0.717, 1.165) is 5.56 Å². The molecular weight excluding hydrogens is 343 g/mol. The maximum atomic E-state index is 13.6. The van der Waals surface area contributed by atoms with Gasteiger partial charge in [-0.05, 0) is 34.5 Å². The van der Waals surface area contributed by atoms with Gasteiger partial charge in [0.05, 0.1) is 17.5 Å². The molecule has 0 spiro atoms. The lowest BCUT2D eigenvalue weighted by Gasteiger charge is -2.07. The molecule has 0 fully saturated rings. The third kappa shape index (κ3) is 3.56. The summed E-state index contributed by atoms with van der Waals surface area (Å²) in [6.07, 6.45) is -0.0425. The second-order valence-corrected chi connectivity index (χ2v) is 4.58. The summed E-state index contributed by atoms with van der Waals surface area (Å²) >= 11 is 6.41. The average molecular weight is 354 g/mol. The van der Waals surface area contributed by atoms with E-state index in [1.165, 1.54) is 0 Å². The molecule has 0 aliphatic rings. The fourth-order valence-electron chi connectivity index (χ4n) is 1.28. The Kier molecular flexibility index (Phi) is 5.41. The van der Waals surface area contributed by atoms with Crippen molar-refractivity contribution < 1.29 is 13.9 Å². The summed E-state index contributed by atoms with van der Waals surface area (Å²) in [5, 5.41) is 0.613. The summed E-state index contributed by atoms with van der Waals surface area (Å²) in [7, 11) is 0. The van der Waals surface area contributed by atoms with Gasteiger partial charge < -0.3 is 4.74 Å². The molecule has 5 heteroatoms. The molecule has 1 aromatic rings. The summed E-state index contributed by atoms with van der Waals surface area (Å²) in [4.78, 5) is 11.3. The van der Waals surface area contributed by atoms with Crippen LogP contribution in [0.5, 0.6) is 0 Å². The SMILES string of the molecule is CCOC(=O)Cc1cc(CBr)cc(Br)c1F. The van der Waals surface area contributed by atoms with Crippen LogP contribution in [-0.4, -0.2) is 12.6 Å². The normalized spacial score (nSPS) is 10.2. The van der Waals surface area contributed by atoms with Gasteiger partial charge in [-0.15, -0.1) is 0 Å². The van der Waals surface area contributed by atoms with E-state index in [4.69, 9.17) is 4.74 Å². The van der Waals surface area contributed by atoms with E-state index in [1.807, 2.05) is 0 Å². The van der Waals surface area contributed by atoms with Crippen LogP contribution in [0, 0.1) is 5.82 Å². The quantitative estimate of drug-likeness (QED) is 0.610. The fourth-order valence-corrected chi connectivity index (χ4v) is 2.15. The molecule has 0 radical (unpaired) electrons. The number of alkyl halides is 1. The first-order valence-electron chi connectivity index (χ1n) is 4.76. The first-order valence-corrected chi connectivity index (χ1v) is 6.68. The number of halogens is 3. The smallest absolute Gasteiger partial charge is 0.310 e. The van der Waals surface area contributed by atoms with E-state index in [9.17, 15) is 9.18 Å². The molecule has 0 amide bonds. The monoisotopic (exact) mass is 352 g/mol. The third-order valence-electron chi connectivity index (χ3n) is 1.96. The van der Waals surface area contributed by atoms with Crippen molar-refractivity contribution in [1.82, 2.24) is 0 Å². The zero-order valence-electron chi connectivity index (χ0n) is 8.73. The van der Waals surface area contributed by atoms with Crippen LogP contribution < -0.4 is 0 Å². The molecule has 88 valence electrons. The number of rotatable bonds is 4. The second-order valence-electron chi connectivity index (χ2n) is 3.17. The molecule has 1 rings (SSSR count). The van der Waals surface area contributed by atoms with Crippen molar-refractivity contribution in [3.8, 4) is 0 Å². The highest BCUT2D eigenvalue weighted by atomic mass is 79.9. The van der Waals surface area contributed by atoms with Gasteiger partial charge in [0.15, 0.2) is 0 Å². The number of hydrogen-bond donors (Lipinski definition) is 0. The Bertz CT molecular complexity index is 394. The Hall–Kier alpha value is -0.420. The topological polar surface area (TPSA) is 26.3 Å². The van der Waals surface area contributed by atoms with Crippen LogP contribution in [0.2, 0.25) is 0 Å². The molecule has 0 saturated carbocycles. The highest BCUT2D eigenvalue weighted by Gasteiger charge is 2.13. The Morgan fingerprint density at radius 2 is 2.19 bits per heavy atom. The largest absolute Gasteiger partial charge is 0.466 e. The molecule has 0 unspecified atom stereocenters. The minimum Gasteiger partial charge on any atom is -0.466 e. The predicted octanol–water partition coefficient (Wildman–Crippen LogP) is 3.59. The van der Waals surface area contributed by atoms with E-state index in [0.29, 0.717) is 22.0 Å². The van der Waals surface area contributed by atoms with Crippen LogP contribution >= 0.6 is 31.9 Å². The molecule has 2 nitrogen and oxygen atoms in total. The number of ether oxygens (including phenoxy) is 1. The number of carbonyl (C=O) groups is 1. The Morgan fingerprint density at radius 1 is 1.50 bits per heavy atom. The first kappa shape index (κ1) is 13.6. The van der Waals surface area contributed by atoms with E-state index < -0.39 is 11.8 Å². The summed E-state index contributed by atoms with van der Waals surface area (Å²) < 4.78 is 18.8. The van der Waals surface area contributed by atoms with Crippen LogP contribution in [0.25, 0.3) is 0 Å². The van der Waals surface area contributed by atoms with Crippen molar-refractivity contribution in [3.05, 3.63) is 33.5 Å². The highest BCUT2D eigenvalue weighted by molar-refractivity contribution is 9.10. The molecule has 0 N–H and O–H groups in total. The molecular formula is C11H11Br2FO2. The lowest BCUT2D eigenvalue weighted by atomic mass is 10.1. The highest BCUT2D eigenvalue weighted by Crippen LogP contribution is 2.23. The molecule has 0 heterocycles. The van der Waals surface area contributed by atoms with Gasteiger partial charge in [0.25, 0.3) is 0 Å². The van der Waals surface area contributed by atoms with Gasteiger partial charge in [-0.3, -0.25) is 4.79 Å². The molecule has 0 saturated heterocycles. The van der Waals surface area contributed by atoms with Crippen molar-refractivity contribution in [2.45, 2.75) is 18.7 Å². The van der Waals surface area contributed by atoms with Gasteiger partial charge in [0.2, 0.25) is 0 Å². The van der Waals surface area contributed by atoms with Crippen molar-refractivity contribution in [2.24, 2.45) is 0 Å². The molecule has 0 aliphatic carbocycles. The maximum Gasteiger partial charge on any atom is 0.310 e. The molecule has 0 bridgehead atoms. The minimum absolute atomic E-state index is 0.0425. The van der Waals surface area contributed by atoms with Crippen LogP contribution in [0.15, 0.2) is 16.6 Å². The van der Waals surface area contributed by atoms with E-state index in [1.54, 1.807) is 19.1 Å². The molecule has 0 aromatic heterocycles. The summed E-state index contributed by atoms with van der Waals surface area (Å²) in [6, 6.07) is 3.34. The zero-order valence-corrected chi connectivity index (χ0v) is 11.9. The summed E-state index contributed by atoms with van der Waals surface area (Å²) in [5.74, 6) is -0.822. The van der Waals surface area contributed by atoms with Crippen LogP contribution in [0.4, 0.5) is 4.39 Å². The van der Waals surface area contributed by atoms with Crippen LogP contribution in [0.1, 0.15) is 18.1 Å². The standard InChI is InChI=1S/C11H11Br2FO2/c1-2-16-10(15)5-8-3-7(6-12)4-9(13)11(8)14/h3-4H,2,5-6H2,1H3. The first-order chi connectivity index (χ1) is 7.58. The maximum absolute atomic E-state index is 13.6. The molecule has 16 heavy (non-hydrogen) atoms. The molecule has 0 atom stereocenters. The lowest BCUT2D eigenvalue weighted by Crippen LogP contribution is -2.09. The predicted molar refractivity (Wildman–Crippen MR) is 67.1 cm³/mol. The van der Waals surface area contributed by atoms with Crippen molar-refractivity contribution in [2.75, 3.05) is 6.61 Å². The van der Waals surface area contributed by atoms with Gasteiger partial charge >= 0.3 is 5.97 Å².